The van der Waals surface area contributed by atoms with E-state index in [1.54, 1.807) is 0 Å². The summed E-state index contributed by atoms with van der Waals surface area (Å²) < 4.78 is 5.16. The third kappa shape index (κ3) is 2.77. The molecule has 3 heteroatoms. The maximum Gasteiger partial charge on any atom is 0.0815 e. The molecule has 0 unspecified atom stereocenters. The van der Waals surface area contributed by atoms with Crippen LogP contribution >= 0.6 is 0 Å². The van der Waals surface area contributed by atoms with Crippen LogP contribution in [0.3, 0.4) is 0 Å². The lowest BCUT2D eigenvalue weighted by Gasteiger charge is -2.32. The summed E-state index contributed by atoms with van der Waals surface area (Å²) in [5.41, 5.74) is -0.506. The van der Waals surface area contributed by atoms with Gasteiger partial charge in [-0.1, -0.05) is 6.92 Å². The molecule has 1 aliphatic rings. The van der Waals surface area contributed by atoms with Gasteiger partial charge in [-0.3, -0.25) is 0 Å². The van der Waals surface area contributed by atoms with Crippen LogP contribution in [0.5, 0.6) is 0 Å². The molecule has 1 fully saturated rings. The Morgan fingerprint density at radius 3 is 2.64 bits per heavy atom. The van der Waals surface area contributed by atoms with E-state index in [0.29, 0.717) is 19.8 Å². The van der Waals surface area contributed by atoms with Crippen molar-refractivity contribution in [1.82, 2.24) is 5.32 Å². The van der Waals surface area contributed by atoms with E-state index in [2.05, 4.69) is 5.32 Å². The second-order valence-corrected chi connectivity index (χ2v) is 3.12. The van der Waals surface area contributed by atoms with Crippen molar-refractivity contribution in [2.24, 2.45) is 0 Å². The van der Waals surface area contributed by atoms with Gasteiger partial charge in [0.05, 0.1) is 5.60 Å². The fourth-order valence-electron chi connectivity index (χ4n) is 1.29. The van der Waals surface area contributed by atoms with Crippen molar-refractivity contribution >= 4 is 0 Å². The normalized spacial score (nSPS) is 23.5. The highest BCUT2D eigenvalue weighted by atomic mass is 16.5. The first-order valence-corrected chi connectivity index (χ1v) is 4.28. The molecule has 0 amide bonds. The highest BCUT2D eigenvalue weighted by Crippen LogP contribution is 2.18. The van der Waals surface area contributed by atoms with E-state index in [4.69, 9.17) is 4.74 Å². The van der Waals surface area contributed by atoms with Crippen molar-refractivity contribution in [2.75, 3.05) is 26.3 Å². The van der Waals surface area contributed by atoms with Crippen LogP contribution in [0.25, 0.3) is 0 Å². The van der Waals surface area contributed by atoms with E-state index in [0.717, 1.165) is 19.4 Å². The number of ether oxygens (including phenoxy) is 1. The van der Waals surface area contributed by atoms with E-state index >= 15 is 0 Å². The summed E-state index contributed by atoms with van der Waals surface area (Å²) in [7, 11) is 0. The third-order valence-corrected chi connectivity index (χ3v) is 2.13. The zero-order valence-corrected chi connectivity index (χ0v) is 7.10. The molecule has 0 bridgehead atoms. The first-order chi connectivity index (χ1) is 5.27. The van der Waals surface area contributed by atoms with Crippen LogP contribution in [0.1, 0.15) is 19.8 Å². The molecule has 1 aliphatic heterocycles. The van der Waals surface area contributed by atoms with Crippen LogP contribution in [0.2, 0.25) is 0 Å². The maximum atomic E-state index is 9.86. The van der Waals surface area contributed by atoms with Gasteiger partial charge >= 0.3 is 0 Å². The molecule has 0 radical (unpaired) electrons. The SMILES string of the molecule is CCNCC1(O)CCOCC1. The Morgan fingerprint density at radius 1 is 1.45 bits per heavy atom. The fraction of sp³-hybridized carbons (Fsp3) is 1.00. The Balaban J connectivity index is 2.25. The summed E-state index contributed by atoms with van der Waals surface area (Å²) in [6, 6.07) is 0. The summed E-state index contributed by atoms with van der Waals surface area (Å²) in [6.07, 6.45) is 1.53. The predicted octanol–water partition coefficient (Wildman–Crippen LogP) is 0.137. The van der Waals surface area contributed by atoms with Crippen LogP contribution in [-0.4, -0.2) is 37.0 Å². The topological polar surface area (TPSA) is 41.5 Å². The molecule has 0 aromatic heterocycles. The maximum absolute atomic E-state index is 9.86. The van der Waals surface area contributed by atoms with E-state index in [1.807, 2.05) is 6.92 Å². The third-order valence-electron chi connectivity index (χ3n) is 2.13. The molecule has 0 aromatic carbocycles. The average Bonchev–Trinajstić information content (AvgIpc) is 2.03. The molecule has 66 valence electrons. The predicted molar refractivity (Wildman–Crippen MR) is 43.5 cm³/mol. The van der Waals surface area contributed by atoms with Crippen LogP contribution in [0, 0.1) is 0 Å². The Kier molecular flexibility index (Phi) is 3.30. The highest BCUT2D eigenvalue weighted by Gasteiger charge is 2.28. The Labute approximate surface area is 67.7 Å². The molecule has 0 aliphatic carbocycles. The van der Waals surface area contributed by atoms with Crippen LogP contribution in [0.4, 0.5) is 0 Å². The number of hydrogen-bond acceptors (Lipinski definition) is 3. The number of aliphatic hydroxyl groups is 1. The molecule has 2 N–H and O–H groups in total. The molecular formula is C8H17NO2. The smallest absolute Gasteiger partial charge is 0.0815 e. The van der Waals surface area contributed by atoms with Gasteiger partial charge in [0.2, 0.25) is 0 Å². The standard InChI is InChI=1S/C8H17NO2/c1-2-9-7-8(10)3-5-11-6-4-8/h9-10H,2-7H2,1H3. The molecule has 0 saturated carbocycles. The summed E-state index contributed by atoms with van der Waals surface area (Å²) in [5.74, 6) is 0. The van der Waals surface area contributed by atoms with Gasteiger partial charge in [0.1, 0.15) is 0 Å². The first-order valence-electron chi connectivity index (χ1n) is 4.28. The molecule has 0 spiro atoms. The fourth-order valence-corrected chi connectivity index (χ4v) is 1.29. The van der Waals surface area contributed by atoms with Crippen LogP contribution in [-0.2, 0) is 4.74 Å². The van der Waals surface area contributed by atoms with Crippen molar-refractivity contribution in [3.05, 3.63) is 0 Å². The molecule has 3 nitrogen and oxygen atoms in total. The average molecular weight is 159 g/mol. The monoisotopic (exact) mass is 159 g/mol. The zero-order chi connectivity index (χ0) is 8.16. The molecule has 1 rings (SSSR count). The van der Waals surface area contributed by atoms with Gasteiger partial charge in [-0.05, 0) is 6.54 Å². The summed E-state index contributed by atoms with van der Waals surface area (Å²) in [6.45, 7) is 5.06. The largest absolute Gasteiger partial charge is 0.388 e. The van der Waals surface area contributed by atoms with Gasteiger partial charge in [-0.2, -0.15) is 0 Å². The minimum atomic E-state index is -0.506. The summed E-state index contributed by atoms with van der Waals surface area (Å²) in [4.78, 5) is 0. The quantitative estimate of drug-likeness (QED) is 0.615. The van der Waals surface area contributed by atoms with Gasteiger partial charge < -0.3 is 15.2 Å². The zero-order valence-electron chi connectivity index (χ0n) is 7.10. The van der Waals surface area contributed by atoms with Crippen molar-refractivity contribution in [1.29, 1.82) is 0 Å². The first kappa shape index (κ1) is 8.97. The molecule has 11 heavy (non-hydrogen) atoms. The number of rotatable bonds is 3. The Bertz CT molecular complexity index is 111. The lowest BCUT2D eigenvalue weighted by Crippen LogP contribution is -2.44. The summed E-state index contributed by atoms with van der Waals surface area (Å²) >= 11 is 0. The van der Waals surface area contributed by atoms with Crippen molar-refractivity contribution < 1.29 is 9.84 Å². The second-order valence-electron chi connectivity index (χ2n) is 3.12. The van der Waals surface area contributed by atoms with E-state index in [9.17, 15) is 5.11 Å². The summed E-state index contributed by atoms with van der Waals surface area (Å²) in [5, 5.41) is 13.0. The number of likely N-dealkylation sites (N-methyl/N-ethyl adjacent to an activating group) is 1. The molecule has 1 heterocycles. The molecule has 0 aromatic rings. The lowest BCUT2D eigenvalue weighted by molar-refractivity contribution is -0.0612. The van der Waals surface area contributed by atoms with E-state index in [-0.39, 0.29) is 0 Å². The minimum absolute atomic E-state index is 0.506. The second kappa shape index (κ2) is 4.04. The number of nitrogens with one attached hydrogen (secondary N) is 1. The lowest BCUT2D eigenvalue weighted by atomic mass is 9.94. The molecule has 0 atom stereocenters. The minimum Gasteiger partial charge on any atom is -0.388 e. The van der Waals surface area contributed by atoms with Crippen molar-refractivity contribution in [3.63, 3.8) is 0 Å². The van der Waals surface area contributed by atoms with Crippen LogP contribution < -0.4 is 5.32 Å². The molecular weight excluding hydrogens is 142 g/mol. The molecule has 1 saturated heterocycles. The van der Waals surface area contributed by atoms with Gasteiger partial charge in [-0.15, -0.1) is 0 Å². The van der Waals surface area contributed by atoms with Gasteiger partial charge in [-0.25, -0.2) is 0 Å². The van der Waals surface area contributed by atoms with Gasteiger partial charge in [0.25, 0.3) is 0 Å². The Morgan fingerprint density at radius 2 is 2.09 bits per heavy atom. The highest BCUT2D eigenvalue weighted by molar-refractivity contribution is 4.82. The van der Waals surface area contributed by atoms with Crippen molar-refractivity contribution in [2.45, 2.75) is 25.4 Å². The van der Waals surface area contributed by atoms with Gasteiger partial charge in [0, 0.05) is 32.6 Å². The van der Waals surface area contributed by atoms with Gasteiger partial charge in [0.15, 0.2) is 0 Å². The number of hydrogen-bond donors (Lipinski definition) is 2. The van der Waals surface area contributed by atoms with Crippen molar-refractivity contribution in [3.8, 4) is 0 Å². The Hall–Kier alpha value is -0.120. The van der Waals surface area contributed by atoms with Crippen LogP contribution in [0.15, 0.2) is 0 Å². The van der Waals surface area contributed by atoms with E-state index < -0.39 is 5.60 Å². The van der Waals surface area contributed by atoms with E-state index in [1.165, 1.54) is 0 Å².